The molecule has 31 heavy (non-hydrogen) atoms. The van der Waals surface area contributed by atoms with E-state index in [2.05, 4.69) is 26.1 Å². The van der Waals surface area contributed by atoms with Crippen molar-refractivity contribution >= 4 is 23.9 Å². The summed E-state index contributed by atoms with van der Waals surface area (Å²) in [6.45, 7) is 1.64. The first-order valence-electron chi connectivity index (χ1n) is 9.44. The lowest BCUT2D eigenvalue weighted by Gasteiger charge is -2.20. The number of aromatic nitrogens is 2. The molecule has 0 saturated heterocycles. The maximum atomic E-state index is 12.2. The van der Waals surface area contributed by atoms with Crippen LogP contribution in [0.3, 0.4) is 0 Å². The van der Waals surface area contributed by atoms with E-state index in [-0.39, 0.29) is 30.5 Å². The third kappa shape index (κ3) is 9.26. The van der Waals surface area contributed by atoms with E-state index in [0.717, 1.165) is 0 Å². The molecular formula is C16H29N9O6. The summed E-state index contributed by atoms with van der Waals surface area (Å²) in [4.78, 5) is 38.6. The first kappa shape index (κ1) is 25.6. The Labute approximate surface area is 177 Å². The highest BCUT2D eigenvalue weighted by molar-refractivity contribution is 5.83. The van der Waals surface area contributed by atoms with Crippen molar-refractivity contribution in [3.8, 4) is 0 Å². The van der Waals surface area contributed by atoms with Gasteiger partial charge < -0.3 is 47.9 Å². The molecule has 15 nitrogen and oxygen atoms in total. The number of carboxylic acids is 1. The Morgan fingerprint density at radius 1 is 1.23 bits per heavy atom. The van der Waals surface area contributed by atoms with Gasteiger partial charge in [0.05, 0.1) is 12.1 Å². The van der Waals surface area contributed by atoms with Crippen molar-refractivity contribution in [2.75, 3.05) is 6.54 Å². The van der Waals surface area contributed by atoms with E-state index in [1.807, 2.05) is 0 Å². The highest BCUT2D eigenvalue weighted by Crippen LogP contribution is 2.20. The average molecular weight is 443 g/mol. The van der Waals surface area contributed by atoms with Crippen LogP contribution < -0.4 is 33.2 Å². The number of aliphatic hydroxyl groups excluding tert-OH is 1. The van der Waals surface area contributed by atoms with Gasteiger partial charge in [-0.1, -0.05) is 5.16 Å². The van der Waals surface area contributed by atoms with Crippen LogP contribution >= 0.6 is 0 Å². The van der Waals surface area contributed by atoms with Crippen LogP contribution in [-0.2, 0) is 9.59 Å². The largest absolute Gasteiger partial charge is 0.480 e. The summed E-state index contributed by atoms with van der Waals surface area (Å²) in [5.74, 6) is -2.10. The molecular weight excluding hydrogens is 414 g/mol. The molecule has 1 aromatic heterocycles. The van der Waals surface area contributed by atoms with Gasteiger partial charge >= 0.3 is 12.0 Å². The number of hydrogen-bond donors (Lipinski definition) is 9. The van der Waals surface area contributed by atoms with Gasteiger partial charge in [-0.2, -0.15) is 4.98 Å². The van der Waals surface area contributed by atoms with Gasteiger partial charge in [0.15, 0.2) is 17.8 Å². The average Bonchev–Trinajstić information content (AvgIpc) is 3.15. The van der Waals surface area contributed by atoms with Crippen LogP contribution in [-0.4, -0.2) is 62.9 Å². The molecule has 2 unspecified atom stereocenters. The number of primary amides is 1. The van der Waals surface area contributed by atoms with Gasteiger partial charge in [-0.05, 0) is 26.2 Å². The van der Waals surface area contributed by atoms with Crippen LogP contribution in [0.1, 0.15) is 56.4 Å². The summed E-state index contributed by atoms with van der Waals surface area (Å²) in [7, 11) is 0. The van der Waals surface area contributed by atoms with Crippen LogP contribution in [0.15, 0.2) is 4.52 Å². The van der Waals surface area contributed by atoms with Crippen LogP contribution in [0, 0.1) is 5.41 Å². The van der Waals surface area contributed by atoms with Crippen molar-refractivity contribution in [1.82, 2.24) is 26.1 Å². The summed E-state index contributed by atoms with van der Waals surface area (Å²) < 4.78 is 5.15. The molecule has 1 aromatic rings. The van der Waals surface area contributed by atoms with Gasteiger partial charge in [-0.15, -0.1) is 0 Å². The molecule has 0 aromatic carbocycles. The van der Waals surface area contributed by atoms with Crippen LogP contribution in [0.2, 0.25) is 0 Å². The number of hydrogen-bond acceptors (Lipinski definition) is 9. The van der Waals surface area contributed by atoms with Crippen molar-refractivity contribution in [1.29, 1.82) is 5.41 Å². The number of carbonyl (C=O) groups is 3. The number of carboxylic acid groups (broad SMARTS) is 1. The van der Waals surface area contributed by atoms with Crippen LogP contribution in [0.5, 0.6) is 0 Å². The van der Waals surface area contributed by atoms with E-state index in [9.17, 15) is 19.5 Å². The number of nitrogens with one attached hydrogen (secondary N) is 4. The van der Waals surface area contributed by atoms with Gasteiger partial charge in [0, 0.05) is 13.0 Å². The number of rotatable bonds is 13. The number of urea groups is 1. The Morgan fingerprint density at radius 2 is 1.90 bits per heavy atom. The number of aliphatic carboxylic acids is 1. The minimum atomic E-state index is -1.55. The number of guanidine groups is 1. The molecule has 0 spiro atoms. The summed E-state index contributed by atoms with van der Waals surface area (Å²) in [5.41, 5.74) is 16.4. The summed E-state index contributed by atoms with van der Waals surface area (Å²) in [6.07, 6.45) is -0.434. The molecule has 4 atom stereocenters. The highest BCUT2D eigenvalue weighted by Gasteiger charge is 2.28. The van der Waals surface area contributed by atoms with Gasteiger partial charge in [-0.25, -0.2) is 9.59 Å². The number of carbonyl (C=O) groups excluding carboxylic acids is 2. The topological polar surface area (TPSA) is 269 Å². The second kappa shape index (κ2) is 12.3. The first-order valence-corrected chi connectivity index (χ1v) is 9.44. The third-order valence-electron chi connectivity index (χ3n) is 4.11. The third-order valence-corrected chi connectivity index (χ3v) is 4.11. The number of nitrogens with zero attached hydrogens (tertiary/aromatic N) is 2. The van der Waals surface area contributed by atoms with Crippen molar-refractivity contribution in [3.05, 3.63) is 11.7 Å². The Bertz CT molecular complexity index is 769. The number of nitrogens with two attached hydrogens (primary N) is 3. The van der Waals surface area contributed by atoms with E-state index < -0.39 is 42.1 Å². The van der Waals surface area contributed by atoms with Crippen molar-refractivity contribution in [2.24, 2.45) is 17.2 Å². The minimum Gasteiger partial charge on any atom is -0.480 e. The second-order valence-electron chi connectivity index (χ2n) is 6.81. The van der Waals surface area contributed by atoms with Gasteiger partial charge in [-0.3, -0.25) is 10.2 Å². The predicted octanol–water partition coefficient (Wildman–Crippen LogP) is -2.23. The zero-order valence-electron chi connectivity index (χ0n) is 17.0. The molecule has 0 aliphatic heterocycles. The molecule has 15 heteroatoms. The predicted molar refractivity (Wildman–Crippen MR) is 106 cm³/mol. The van der Waals surface area contributed by atoms with E-state index in [1.165, 1.54) is 6.92 Å². The van der Waals surface area contributed by atoms with E-state index >= 15 is 0 Å². The fourth-order valence-corrected chi connectivity index (χ4v) is 2.49. The lowest BCUT2D eigenvalue weighted by molar-refractivity contribution is -0.141. The molecule has 1 rings (SSSR count). The molecule has 1 heterocycles. The molecule has 0 radical (unpaired) electrons. The Morgan fingerprint density at radius 3 is 2.45 bits per heavy atom. The quantitative estimate of drug-likeness (QED) is 0.0893. The van der Waals surface area contributed by atoms with Gasteiger partial charge in [0.1, 0.15) is 6.04 Å². The van der Waals surface area contributed by atoms with E-state index in [1.54, 1.807) is 0 Å². The van der Waals surface area contributed by atoms with Crippen molar-refractivity contribution in [2.45, 2.75) is 56.8 Å². The molecule has 174 valence electrons. The molecule has 3 amide bonds. The Kier molecular flexibility index (Phi) is 10.1. The monoisotopic (exact) mass is 443 g/mol. The summed E-state index contributed by atoms with van der Waals surface area (Å²) in [5, 5.41) is 36.6. The smallest absolute Gasteiger partial charge is 0.328 e. The zero-order chi connectivity index (χ0) is 23.6. The molecule has 0 aliphatic rings. The summed E-state index contributed by atoms with van der Waals surface area (Å²) in [6, 6.07) is -4.03. The molecule has 12 N–H and O–H groups in total. The normalized spacial score (nSPS) is 14.7. The minimum absolute atomic E-state index is 0.00850. The van der Waals surface area contributed by atoms with Crippen LogP contribution in [0.25, 0.3) is 0 Å². The first-order chi connectivity index (χ1) is 14.5. The molecule has 0 bridgehead atoms. The van der Waals surface area contributed by atoms with Crippen molar-refractivity contribution < 1.29 is 29.1 Å². The number of aliphatic hydroxyl groups is 1. The Hall–Kier alpha value is -3.46. The molecule has 0 fully saturated rings. The SMILES string of the molecule is CC(O)[C@H](NC(=O)N[C@@H](CCC(N)=O)c1nc(C(N)CCCNC(=N)N)no1)C(=O)O. The van der Waals surface area contributed by atoms with Crippen LogP contribution in [0.4, 0.5) is 4.79 Å². The highest BCUT2D eigenvalue weighted by atomic mass is 16.5. The fourth-order valence-electron chi connectivity index (χ4n) is 2.49. The van der Waals surface area contributed by atoms with E-state index in [0.29, 0.717) is 19.4 Å². The molecule has 0 aliphatic carbocycles. The maximum absolute atomic E-state index is 12.2. The lowest BCUT2D eigenvalue weighted by atomic mass is 10.1. The Balaban J connectivity index is 2.82. The van der Waals surface area contributed by atoms with Crippen molar-refractivity contribution in [3.63, 3.8) is 0 Å². The van der Waals surface area contributed by atoms with Gasteiger partial charge in [0.25, 0.3) is 0 Å². The lowest BCUT2D eigenvalue weighted by Crippen LogP contribution is -2.51. The summed E-state index contributed by atoms with van der Waals surface area (Å²) >= 11 is 0. The zero-order valence-corrected chi connectivity index (χ0v) is 17.0. The number of amides is 3. The fraction of sp³-hybridized carbons (Fsp3) is 0.625. The standard InChI is InChI=1S/C16H29N9O6/c1-7(26)11(14(28)29)23-16(30)22-9(4-5-10(18)27)13-24-12(25-31-13)8(17)3-2-6-21-15(19)20/h7-9,11,26H,2-6,17H2,1H3,(H2,18,27)(H,28,29)(H4,19,20,21)(H2,22,23,30)/t7?,8?,9-,11-/m0/s1. The second-order valence-corrected chi connectivity index (χ2v) is 6.81. The molecule has 0 saturated carbocycles. The maximum Gasteiger partial charge on any atom is 0.328 e. The van der Waals surface area contributed by atoms with Gasteiger partial charge in [0.2, 0.25) is 11.8 Å². The van der Waals surface area contributed by atoms with E-state index in [4.69, 9.17) is 32.2 Å².